The molecule has 7 nitrogen and oxygen atoms in total. The fourth-order valence-corrected chi connectivity index (χ4v) is 3.58. The average molecular weight is 401 g/mol. The van der Waals surface area contributed by atoms with Gasteiger partial charge in [0.2, 0.25) is 11.9 Å². The maximum absolute atomic E-state index is 12.9. The molecule has 1 saturated heterocycles. The number of hydrogen-bond acceptors (Lipinski definition) is 5. The first kappa shape index (κ1) is 19.6. The SMILES string of the molecule is C=CC(=O)Nc1ccc(C(=O)N2CCC[C@@H](Nc3ncc4ccccc4n3)C2)cc1. The number of carbonyl (C=O) groups is 2. The summed E-state index contributed by atoms with van der Waals surface area (Å²) in [5.41, 5.74) is 2.11. The number of fused-ring (bicyclic) bond motifs is 1. The van der Waals surface area contributed by atoms with E-state index >= 15 is 0 Å². The summed E-state index contributed by atoms with van der Waals surface area (Å²) in [5.74, 6) is 0.271. The molecule has 2 amide bonds. The summed E-state index contributed by atoms with van der Waals surface area (Å²) in [6, 6.07) is 14.8. The Morgan fingerprint density at radius 1 is 1.13 bits per heavy atom. The summed E-state index contributed by atoms with van der Waals surface area (Å²) in [7, 11) is 0. The maximum atomic E-state index is 12.9. The zero-order chi connectivity index (χ0) is 20.9. The average Bonchev–Trinajstić information content (AvgIpc) is 2.79. The first-order valence-corrected chi connectivity index (χ1v) is 9.93. The third-order valence-corrected chi connectivity index (χ3v) is 5.12. The van der Waals surface area contributed by atoms with Crippen molar-refractivity contribution in [3.8, 4) is 0 Å². The molecular weight excluding hydrogens is 378 g/mol. The Balaban J connectivity index is 1.40. The number of piperidine rings is 1. The molecule has 2 heterocycles. The quantitative estimate of drug-likeness (QED) is 0.639. The largest absolute Gasteiger partial charge is 0.350 e. The topological polar surface area (TPSA) is 87.2 Å². The maximum Gasteiger partial charge on any atom is 0.253 e. The lowest BCUT2D eigenvalue weighted by Gasteiger charge is -2.33. The summed E-state index contributed by atoms with van der Waals surface area (Å²) < 4.78 is 0. The minimum Gasteiger partial charge on any atom is -0.350 e. The highest BCUT2D eigenvalue weighted by Crippen LogP contribution is 2.19. The lowest BCUT2D eigenvalue weighted by Crippen LogP contribution is -2.45. The van der Waals surface area contributed by atoms with Gasteiger partial charge in [-0.2, -0.15) is 0 Å². The van der Waals surface area contributed by atoms with Crippen LogP contribution in [0.15, 0.2) is 67.4 Å². The van der Waals surface area contributed by atoms with Crippen LogP contribution < -0.4 is 10.6 Å². The molecule has 0 spiro atoms. The van der Waals surface area contributed by atoms with E-state index in [1.807, 2.05) is 35.4 Å². The Morgan fingerprint density at radius 2 is 1.93 bits per heavy atom. The van der Waals surface area contributed by atoms with Crippen LogP contribution in [0.4, 0.5) is 11.6 Å². The number of rotatable bonds is 5. The molecule has 1 aliphatic rings. The van der Waals surface area contributed by atoms with E-state index < -0.39 is 0 Å². The van der Waals surface area contributed by atoms with Gasteiger partial charge in [-0.05, 0) is 49.2 Å². The van der Waals surface area contributed by atoms with E-state index in [-0.39, 0.29) is 17.9 Å². The van der Waals surface area contributed by atoms with Crippen LogP contribution in [0.5, 0.6) is 0 Å². The summed E-state index contributed by atoms with van der Waals surface area (Å²) in [5, 5.41) is 7.05. The molecule has 1 atom stereocenters. The number of nitrogens with zero attached hydrogens (tertiary/aromatic N) is 3. The predicted octanol–water partition coefficient (Wildman–Crippen LogP) is 3.47. The van der Waals surface area contributed by atoms with Crippen LogP contribution in [0.3, 0.4) is 0 Å². The van der Waals surface area contributed by atoms with Crippen LogP contribution in [0, 0.1) is 0 Å². The third-order valence-electron chi connectivity index (χ3n) is 5.12. The Labute approximate surface area is 174 Å². The van der Waals surface area contributed by atoms with Crippen LogP contribution in [0.2, 0.25) is 0 Å². The number of likely N-dealkylation sites (tertiary alicyclic amines) is 1. The van der Waals surface area contributed by atoms with Gasteiger partial charge in [0, 0.05) is 42.0 Å². The highest BCUT2D eigenvalue weighted by atomic mass is 16.2. The molecule has 2 N–H and O–H groups in total. The van der Waals surface area contributed by atoms with E-state index in [0.29, 0.717) is 30.3 Å². The van der Waals surface area contributed by atoms with Gasteiger partial charge in [0.15, 0.2) is 0 Å². The Kier molecular flexibility index (Phi) is 5.70. The molecule has 4 rings (SSSR count). The van der Waals surface area contributed by atoms with E-state index in [1.54, 1.807) is 24.3 Å². The van der Waals surface area contributed by atoms with E-state index in [0.717, 1.165) is 23.7 Å². The summed E-state index contributed by atoms with van der Waals surface area (Å²) >= 11 is 0. The van der Waals surface area contributed by atoms with Crippen molar-refractivity contribution < 1.29 is 9.59 Å². The van der Waals surface area contributed by atoms with Crippen molar-refractivity contribution in [2.24, 2.45) is 0 Å². The number of benzene rings is 2. The van der Waals surface area contributed by atoms with Gasteiger partial charge in [0.05, 0.1) is 5.52 Å². The minimum atomic E-state index is -0.282. The molecule has 3 aromatic rings. The standard InChI is InChI=1S/C23H23N5O2/c1-2-21(29)25-18-11-9-16(10-12-18)22(30)28-13-5-7-19(15-28)26-23-24-14-17-6-3-4-8-20(17)27-23/h2-4,6,8-12,14,19H,1,5,7,13,15H2,(H,25,29)(H,24,26,27)/t19-/m1/s1. The van der Waals surface area contributed by atoms with E-state index in [1.165, 1.54) is 6.08 Å². The Hall–Kier alpha value is -3.74. The van der Waals surface area contributed by atoms with E-state index in [2.05, 4.69) is 27.2 Å². The number of anilines is 2. The molecule has 0 radical (unpaired) electrons. The number of amides is 2. The number of hydrogen-bond donors (Lipinski definition) is 2. The van der Waals surface area contributed by atoms with Gasteiger partial charge in [-0.15, -0.1) is 0 Å². The molecule has 1 fully saturated rings. The van der Waals surface area contributed by atoms with Crippen LogP contribution in [-0.2, 0) is 4.79 Å². The smallest absolute Gasteiger partial charge is 0.253 e. The molecule has 0 unspecified atom stereocenters. The van der Waals surface area contributed by atoms with Crippen molar-refractivity contribution in [3.63, 3.8) is 0 Å². The summed E-state index contributed by atoms with van der Waals surface area (Å²) in [6.45, 7) is 4.73. The zero-order valence-electron chi connectivity index (χ0n) is 16.5. The molecule has 0 saturated carbocycles. The van der Waals surface area contributed by atoms with E-state index in [9.17, 15) is 9.59 Å². The molecule has 152 valence electrons. The fourth-order valence-electron chi connectivity index (χ4n) is 3.58. The van der Waals surface area contributed by atoms with Crippen LogP contribution in [-0.4, -0.2) is 45.8 Å². The zero-order valence-corrected chi connectivity index (χ0v) is 16.5. The number of nitrogens with one attached hydrogen (secondary N) is 2. The highest BCUT2D eigenvalue weighted by Gasteiger charge is 2.25. The number of aromatic nitrogens is 2. The van der Waals surface area contributed by atoms with Crippen LogP contribution in [0.25, 0.3) is 10.9 Å². The molecule has 2 aromatic carbocycles. The van der Waals surface area contributed by atoms with Crippen molar-refractivity contribution in [3.05, 3.63) is 72.9 Å². The lowest BCUT2D eigenvalue weighted by molar-refractivity contribution is -0.111. The second-order valence-corrected chi connectivity index (χ2v) is 7.26. The van der Waals surface area contributed by atoms with Crippen molar-refractivity contribution in [1.29, 1.82) is 0 Å². The van der Waals surface area contributed by atoms with Gasteiger partial charge < -0.3 is 15.5 Å². The van der Waals surface area contributed by atoms with Gasteiger partial charge in [-0.3, -0.25) is 9.59 Å². The fraction of sp³-hybridized carbons (Fsp3) is 0.217. The van der Waals surface area contributed by atoms with Gasteiger partial charge in [-0.1, -0.05) is 24.8 Å². The second kappa shape index (κ2) is 8.73. The number of para-hydroxylation sites is 1. The molecule has 1 aromatic heterocycles. The normalized spacial score (nSPS) is 16.1. The van der Waals surface area contributed by atoms with Crippen LogP contribution in [0.1, 0.15) is 23.2 Å². The lowest BCUT2D eigenvalue weighted by atomic mass is 10.0. The predicted molar refractivity (Wildman–Crippen MR) is 117 cm³/mol. The number of carbonyl (C=O) groups excluding carboxylic acids is 2. The monoisotopic (exact) mass is 401 g/mol. The van der Waals surface area contributed by atoms with Crippen molar-refractivity contribution in [2.75, 3.05) is 23.7 Å². The molecule has 0 bridgehead atoms. The van der Waals surface area contributed by atoms with Crippen molar-refractivity contribution in [2.45, 2.75) is 18.9 Å². The molecule has 30 heavy (non-hydrogen) atoms. The van der Waals surface area contributed by atoms with Crippen LogP contribution >= 0.6 is 0 Å². The Morgan fingerprint density at radius 3 is 2.73 bits per heavy atom. The molecule has 0 aliphatic carbocycles. The van der Waals surface area contributed by atoms with Crippen molar-refractivity contribution in [1.82, 2.24) is 14.9 Å². The first-order valence-electron chi connectivity index (χ1n) is 9.93. The van der Waals surface area contributed by atoms with E-state index in [4.69, 9.17) is 0 Å². The van der Waals surface area contributed by atoms with Gasteiger partial charge >= 0.3 is 0 Å². The summed E-state index contributed by atoms with van der Waals surface area (Å²) in [4.78, 5) is 35.1. The first-order chi connectivity index (χ1) is 14.6. The second-order valence-electron chi connectivity index (χ2n) is 7.26. The van der Waals surface area contributed by atoms with Crippen molar-refractivity contribution >= 4 is 34.4 Å². The summed E-state index contributed by atoms with van der Waals surface area (Å²) in [6.07, 6.45) is 4.87. The Bertz CT molecular complexity index is 1080. The third kappa shape index (κ3) is 4.46. The molecular formula is C23H23N5O2. The highest BCUT2D eigenvalue weighted by molar-refractivity contribution is 5.99. The molecule has 1 aliphatic heterocycles. The minimum absolute atomic E-state index is 0.0254. The van der Waals surface area contributed by atoms with Gasteiger partial charge in [0.25, 0.3) is 5.91 Å². The van der Waals surface area contributed by atoms with Gasteiger partial charge in [-0.25, -0.2) is 9.97 Å². The molecule has 7 heteroatoms. The van der Waals surface area contributed by atoms with Gasteiger partial charge in [0.1, 0.15) is 0 Å².